The third-order valence-corrected chi connectivity index (χ3v) is 4.30. The molecule has 0 aromatic heterocycles. The summed E-state index contributed by atoms with van der Waals surface area (Å²) in [5.74, 6) is 1.41. The second-order valence-corrected chi connectivity index (χ2v) is 5.72. The van der Waals surface area contributed by atoms with Crippen molar-refractivity contribution in [3.05, 3.63) is 65.2 Å². The van der Waals surface area contributed by atoms with Crippen LogP contribution >= 0.6 is 0 Å². The van der Waals surface area contributed by atoms with Gasteiger partial charge in [0.1, 0.15) is 5.75 Å². The van der Waals surface area contributed by atoms with Crippen LogP contribution in [0.3, 0.4) is 0 Å². The van der Waals surface area contributed by atoms with Gasteiger partial charge in [-0.3, -0.25) is 0 Å². The highest BCUT2D eigenvalue weighted by Gasteiger charge is 2.31. The molecule has 110 valence electrons. The third kappa shape index (κ3) is 2.81. The molecule has 2 nitrogen and oxygen atoms in total. The first-order valence-corrected chi connectivity index (χ1v) is 7.81. The fourth-order valence-corrected chi connectivity index (χ4v) is 3.29. The van der Waals surface area contributed by atoms with Crippen molar-refractivity contribution >= 4 is 0 Å². The topological polar surface area (TPSA) is 21.3 Å². The molecule has 1 heterocycles. The number of ether oxygens (including phenoxy) is 1. The van der Waals surface area contributed by atoms with Gasteiger partial charge in [-0.1, -0.05) is 55.8 Å². The van der Waals surface area contributed by atoms with E-state index in [0.29, 0.717) is 12.0 Å². The predicted molar refractivity (Wildman–Crippen MR) is 86.9 cm³/mol. The molecule has 2 heteroatoms. The van der Waals surface area contributed by atoms with E-state index in [1.54, 1.807) is 0 Å². The molecule has 2 aromatic rings. The molecule has 0 fully saturated rings. The molecule has 2 atom stereocenters. The number of hydrogen-bond acceptors (Lipinski definition) is 2. The molecule has 1 aliphatic rings. The molecule has 2 unspecified atom stereocenters. The third-order valence-electron chi connectivity index (χ3n) is 4.30. The van der Waals surface area contributed by atoms with Crippen molar-refractivity contribution in [2.75, 3.05) is 13.7 Å². The van der Waals surface area contributed by atoms with Crippen molar-refractivity contribution < 1.29 is 4.74 Å². The van der Waals surface area contributed by atoms with Gasteiger partial charge in [0.15, 0.2) is 0 Å². The Morgan fingerprint density at radius 1 is 1.19 bits per heavy atom. The quantitative estimate of drug-likeness (QED) is 0.891. The molecule has 3 rings (SSSR count). The Hall–Kier alpha value is -1.80. The number of fused-ring (bicyclic) bond motifs is 1. The average Bonchev–Trinajstić information content (AvgIpc) is 2.93. The molecule has 0 radical (unpaired) electrons. The van der Waals surface area contributed by atoms with Gasteiger partial charge in [-0.2, -0.15) is 0 Å². The molecule has 0 bridgehead atoms. The lowest BCUT2D eigenvalue weighted by Gasteiger charge is -2.23. The SMILES string of the molecule is CCCc1cccc(C(NC)C2COc3ccccc32)c1. The molecular formula is C19H23NO. The molecule has 0 saturated carbocycles. The number of nitrogens with one attached hydrogen (secondary N) is 1. The van der Waals surface area contributed by atoms with Crippen LogP contribution in [-0.4, -0.2) is 13.7 Å². The van der Waals surface area contributed by atoms with Gasteiger partial charge in [-0.05, 0) is 30.7 Å². The lowest BCUT2D eigenvalue weighted by molar-refractivity contribution is 0.304. The van der Waals surface area contributed by atoms with Crippen LogP contribution in [0.4, 0.5) is 0 Å². The van der Waals surface area contributed by atoms with Crippen molar-refractivity contribution in [2.45, 2.75) is 31.7 Å². The minimum Gasteiger partial charge on any atom is -0.493 e. The highest BCUT2D eigenvalue weighted by Crippen LogP contribution is 2.41. The van der Waals surface area contributed by atoms with Crippen LogP contribution in [0.2, 0.25) is 0 Å². The summed E-state index contributed by atoms with van der Waals surface area (Å²) in [6, 6.07) is 17.6. The summed E-state index contributed by atoms with van der Waals surface area (Å²) in [7, 11) is 2.04. The normalized spacial score (nSPS) is 18.1. The van der Waals surface area contributed by atoms with Gasteiger partial charge in [0, 0.05) is 17.5 Å². The lowest BCUT2D eigenvalue weighted by Crippen LogP contribution is -2.25. The van der Waals surface area contributed by atoms with Gasteiger partial charge in [0.2, 0.25) is 0 Å². The number of likely N-dealkylation sites (N-methyl/N-ethyl adjacent to an activating group) is 1. The van der Waals surface area contributed by atoms with Crippen molar-refractivity contribution in [3.63, 3.8) is 0 Å². The molecule has 0 amide bonds. The van der Waals surface area contributed by atoms with E-state index in [2.05, 4.69) is 54.7 Å². The van der Waals surface area contributed by atoms with Crippen molar-refractivity contribution in [2.24, 2.45) is 0 Å². The zero-order valence-corrected chi connectivity index (χ0v) is 12.8. The van der Waals surface area contributed by atoms with Crippen LogP contribution in [0.5, 0.6) is 5.75 Å². The smallest absolute Gasteiger partial charge is 0.122 e. The van der Waals surface area contributed by atoms with Crippen LogP contribution in [-0.2, 0) is 6.42 Å². The summed E-state index contributed by atoms with van der Waals surface area (Å²) < 4.78 is 5.85. The fourth-order valence-electron chi connectivity index (χ4n) is 3.29. The molecule has 2 aromatic carbocycles. The van der Waals surface area contributed by atoms with E-state index >= 15 is 0 Å². The summed E-state index contributed by atoms with van der Waals surface area (Å²) in [5.41, 5.74) is 4.09. The van der Waals surface area contributed by atoms with Crippen LogP contribution < -0.4 is 10.1 Å². The second-order valence-electron chi connectivity index (χ2n) is 5.72. The summed E-state index contributed by atoms with van der Waals surface area (Å²) in [4.78, 5) is 0. The second kappa shape index (κ2) is 6.31. The lowest BCUT2D eigenvalue weighted by atomic mass is 9.87. The van der Waals surface area contributed by atoms with E-state index in [0.717, 1.165) is 18.8 Å². The number of hydrogen-bond donors (Lipinski definition) is 1. The fraction of sp³-hybridized carbons (Fsp3) is 0.368. The molecule has 1 N–H and O–H groups in total. The average molecular weight is 281 g/mol. The summed E-state index contributed by atoms with van der Waals surface area (Å²) in [6.45, 7) is 2.98. The van der Waals surface area contributed by atoms with E-state index < -0.39 is 0 Å². The van der Waals surface area contributed by atoms with Crippen LogP contribution in [0, 0.1) is 0 Å². The van der Waals surface area contributed by atoms with E-state index in [-0.39, 0.29) is 0 Å². The van der Waals surface area contributed by atoms with Crippen LogP contribution in [0.25, 0.3) is 0 Å². The van der Waals surface area contributed by atoms with Crippen LogP contribution in [0.15, 0.2) is 48.5 Å². The number of para-hydroxylation sites is 1. The van der Waals surface area contributed by atoms with Crippen molar-refractivity contribution in [1.82, 2.24) is 5.32 Å². The molecule has 21 heavy (non-hydrogen) atoms. The minimum absolute atomic E-state index is 0.297. The molecule has 0 aliphatic carbocycles. The van der Waals surface area contributed by atoms with Crippen LogP contribution in [0.1, 0.15) is 42.0 Å². The summed E-state index contributed by atoms with van der Waals surface area (Å²) in [5, 5.41) is 3.49. The van der Waals surface area contributed by atoms with Gasteiger partial charge in [-0.25, -0.2) is 0 Å². The Kier molecular flexibility index (Phi) is 4.26. The zero-order chi connectivity index (χ0) is 14.7. The van der Waals surface area contributed by atoms with E-state index in [4.69, 9.17) is 4.74 Å². The number of aryl methyl sites for hydroxylation is 1. The Bertz CT molecular complexity index is 608. The Morgan fingerprint density at radius 3 is 2.86 bits per heavy atom. The van der Waals surface area contributed by atoms with E-state index in [9.17, 15) is 0 Å². The Balaban J connectivity index is 1.91. The van der Waals surface area contributed by atoms with Gasteiger partial charge in [0.25, 0.3) is 0 Å². The first kappa shape index (κ1) is 14.2. The monoisotopic (exact) mass is 281 g/mol. The molecule has 1 aliphatic heterocycles. The van der Waals surface area contributed by atoms with E-state index in [1.807, 2.05) is 13.1 Å². The van der Waals surface area contributed by atoms with E-state index in [1.165, 1.54) is 23.1 Å². The standard InChI is InChI=1S/C19H23NO/c1-3-7-14-8-6-9-15(12-14)19(20-2)17-13-21-18-11-5-4-10-16(17)18/h4-6,8-12,17,19-20H,3,7,13H2,1-2H3. The maximum Gasteiger partial charge on any atom is 0.122 e. The largest absolute Gasteiger partial charge is 0.493 e. The maximum absolute atomic E-state index is 5.85. The first-order valence-electron chi connectivity index (χ1n) is 7.81. The Morgan fingerprint density at radius 2 is 2.05 bits per heavy atom. The minimum atomic E-state index is 0.297. The number of benzene rings is 2. The van der Waals surface area contributed by atoms with Gasteiger partial charge in [0.05, 0.1) is 6.61 Å². The zero-order valence-electron chi connectivity index (χ0n) is 12.8. The van der Waals surface area contributed by atoms with Gasteiger partial charge >= 0.3 is 0 Å². The van der Waals surface area contributed by atoms with Gasteiger partial charge in [-0.15, -0.1) is 0 Å². The van der Waals surface area contributed by atoms with Crippen molar-refractivity contribution in [1.29, 1.82) is 0 Å². The summed E-state index contributed by atoms with van der Waals surface area (Å²) >= 11 is 0. The van der Waals surface area contributed by atoms with Gasteiger partial charge < -0.3 is 10.1 Å². The highest BCUT2D eigenvalue weighted by molar-refractivity contribution is 5.42. The molecular weight excluding hydrogens is 258 g/mol. The first-order chi connectivity index (χ1) is 10.3. The molecule has 0 saturated heterocycles. The highest BCUT2D eigenvalue weighted by atomic mass is 16.5. The maximum atomic E-state index is 5.85. The van der Waals surface area contributed by atoms with Crippen molar-refractivity contribution in [3.8, 4) is 5.75 Å². The Labute approximate surface area is 127 Å². The molecule has 0 spiro atoms. The predicted octanol–water partition coefficient (Wildman–Crippen LogP) is 4.08. The summed E-state index contributed by atoms with van der Waals surface area (Å²) in [6.07, 6.45) is 2.32. The number of rotatable bonds is 5.